The molecule has 0 saturated heterocycles. The lowest BCUT2D eigenvalue weighted by Gasteiger charge is -2.07. The number of rotatable bonds is 4. The molecule has 0 atom stereocenters. The Morgan fingerprint density at radius 3 is 2.59 bits per heavy atom. The summed E-state index contributed by atoms with van der Waals surface area (Å²) in [4.78, 5) is 3.01. The monoisotopic (exact) mass is 270 g/mol. The van der Waals surface area contributed by atoms with Crippen LogP contribution in [0.25, 0.3) is 0 Å². The normalized spacial score (nSPS) is 11.6. The fourth-order valence-electron chi connectivity index (χ4n) is 1.39. The zero-order valence-corrected chi connectivity index (χ0v) is 10.4. The Balaban J connectivity index is 2.17. The molecule has 0 saturated carbocycles. The molecule has 0 aliphatic carbocycles. The zero-order valence-electron chi connectivity index (χ0n) is 8.85. The van der Waals surface area contributed by atoms with Crippen molar-refractivity contribution in [2.75, 3.05) is 0 Å². The summed E-state index contributed by atoms with van der Waals surface area (Å²) < 4.78 is 26.4. The molecule has 90 valence electrons. The van der Waals surface area contributed by atoms with E-state index in [9.17, 15) is 8.42 Å². The zero-order chi connectivity index (χ0) is 12.3. The molecule has 0 radical (unpaired) electrons. The maximum absolute atomic E-state index is 11.9. The Kier molecular flexibility index (Phi) is 3.51. The molecule has 0 unspecified atom stereocenters. The standard InChI is InChI=1S/C11H11ClN2O2S/c12-10-5-1-2-6-11(10)17(15,16)14-8-9-4-3-7-13-9/h1-7,13-14H,8H2. The van der Waals surface area contributed by atoms with E-state index in [1.54, 1.807) is 36.5 Å². The van der Waals surface area contributed by atoms with Gasteiger partial charge in [0, 0.05) is 11.9 Å². The summed E-state index contributed by atoms with van der Waals surface area (Å²) in [5.41, 5.74) is 0.792. The first kappa shape index (κ1) is 12.2. The summed E-state index contributed by atoms with van der Waals surface area (Å²) in [6.45, 7) is 0.209. The van der Waals surface area contributed by atoms with Crippen LogP contribution in [-0.2, 0) is 16.6 Å². The van der Waals surface area contributed by atoms with Gasteiger partial charge in [-0.15, -0.1) is 0 Å². The van der Waals surface area contributed by atoms with Gasteiger partial charge >= 0.3 is 0 Å². The van der Waals surface area contributed by atoms with Gasteiger partial charge in [-0.25, -0.2) is 13.1 Å². The number of sulfonamides is 1. The summed E-state index contributed by atoms with van der Waals surface area (Å²) in [6.07, 6.45) is 1.74. The van der Waals surface area contributed by atoms with Crippen LogP contribution in [0.2, 0.25) is 5.02 Å². The number of hydrogen-bond acceptors (Lipinski definition) is 2. The Labute approximate surface area is 105 Å². The second-order valence-corrected chi connectivity index (χ2v) is 5.59. The highest BCUT2D eigenvalue weighted by Gasteiger charge is 2.16. The first-order chi connectivity index (χ1) is 8.09. The van der Waals surface area contributed by atoms with E-state index in [-0.39, 0.29) is 16.5 Å². The van der Waals surface area contributed by atoms with Gasteiger partial charge in [0.2, 0.25) is 10.0 Å². The highest BCUT2D eigenvalue weighted by Crippen LogP contribution is 2.20. The largest absolute Gasteiger partial charge is 0.364 e. The lowest BCUT2D eigenvalue weighted by molar-refractivity contribution is 0.580. The van der Waals surface area contributed by atoms with E-state index in [1.165, 1.54) is 6.07 Å². The summed E-state index contributed by atoms with van der Waals surface area (Å²) in [5, 5.41) is 0.214. The molecular formula is C11H11ClN2O2S. The van der Waals surface area contributed by atoms with Crippen LogP contribution in [0.5, 0.6) is 0 Å². The molecule has 17 heavy (non-hydrogen) atoms. The van der Waals surface area contributed by atoms with E-state index in [0.29, 0.717) is 0 Å². The number of benzene rings is 1. The number of hydrogen-bond donors (Lipinski definition) is 2. The predicted octanol–water partition coefficient (Wildman–Crippen LogP) is 2.15. The molecule has 2 aromatic rings. The third-order valence-corrected chi connectivity index (χ3v) is 4.14. The van der Waals surface area contributed by atoms with Crippen molar-refractivity contribution in [1.29, 1.82) is 0 Å². The van der Waals surface area contributed by atoms with Crippen molar-refractivity contribution < 1.29 is 8.42 Å². The first-order valence-electron chi connectivity index (χ1n) is 4.96. The summed E-state index contributed by atoms with van der Waals surface area (Å²) >= 11 is 5.84. The first-order valence-corrected chi connectivity index (χ1v) is 6.82. The van der Waals surface area contributed by atoms with Gasteiger partial charge in [0.1, 0.15) is 4.90 Å². The molecule has 0 fully saturated rings. The molecule has 2 N–H and O–H groups in total. The van der Waals surface area contributed by atoms with Gasteiger partial charge in [0.15, 0.2) is 0 Å². The smallest absolute Gasteiger partial charge is 0.242 e. The third-order valence-electron chi connectivity index (χ3n) is 2.24. The molecule has 6 heteroatoms. The number of nitrogens with one attached hydrogen (secondary N) is 2. The molecule has 4 nitrogen and oxygen atoms in total. The Morgan fingerprint density at radius 2 is 1.94 bits per heavy atom. The maximum Gasteiger partial charge on any atom is 0.242 e. The van der Waals surface area contributed by atoms with Gasteiger partial charge in [-0.3, -0.25) is 0 Å². The van der Waals surface area contributed by atoms with Crippen molar-refractivity contribution in [2.24, 2.45) is 0 Å². The molecule has 1 aromatic carbocycles. The van der Waals surface area contributed by atoms with Crippen molar-refractivity contribution in [1.82, 2.24) is 9.71 Å². The molecule has 1 heterocycles. The van der Waals surface area contributed by atoms with Gasteiger partial charge in [0.05, 0.1) is 11.6 Å². The van der Waals surface area contributed by atoms with Gasteiger partial charge < -0.3 is 4.98 Å². The van der Waals surface area contributed by atoms with E-state index in [1.807, 2.05) is 0 Å². The highest BCUT2D eigenvalue weighted by atomic mass is 35.5. The topological polar surface area (TPSA) is 62.0 Å². The summed E-state index contributed by atoms with van der Waals surface area (Å²) in [7, 11) is -3.57. The minimum Gasteiger partial charge on any atom is -0.364 e. The molecule has 0 aliphatic heterocycles. The molecular weight excluding hydrogens is 260 g/mol. The van der Waals surface area contributed by atoms with Gasteiger partial charge in [-0.2, -0.15) is 0 Å². The van der Waals surface area contributed by atoms with Crippen molar-refractivity contribution >= 4 is 21.6 Å². The van der Waals surface area contributed by atoms with Crippen LogP contribution in [0.1, 0.15) is 5.69 Å². The van der Waals surface area contributed by atoms with Gasteiger partial charge in [-0.05, 0) is 24.3 Å². The maximum atomic E-state index is 11.9. The van der Waals surface area contributed by atoms with E-state index in [4.69, 9.17) is 11.6 Å². The van der Waals surface area contributed by atoms with Crippen molar-refractivity contribution in [3.63, 3.8) is 0 Å². The van der Waals surface area contributed by atoms with Crippen LogP contribution >= 0.6 is 11.6 Å². The SMILES string of the molecule is O=S(=O)(NCc1ccc[nH]1)c1ccccc1Cl. The third kappa shape index (κ3) is 2.88. The second kappa shape index (κ2) is 4.91. The van der Waals surface area contributed by atoms with E-state index in [2.05, 4.69) is 9.71 Å². The minimum atomic E-state index is -3.57. The number of H-pyrrole nitrogens is 1. The van der Waals surface area contributed by atoms with Gasteiger partial charge in [0.25, 0.3) is 0 Å². The Bertz CT molecular complexity index is 594. The fourth-order valence-corrected chi connectivity index (χ4v) is 2.91. The highest BCUT2D eigenvalue weighted by molar-refractivity contribution is 7.89. The molecule has 1 aromatic heterocycles. The van der Waals surface area contributed by atoms with Crippen molar-refractivity contribution in [3.8, 4) is 0 Å². The number of aromatic nitrogens is 1. The average molecular weight is 271 g/mol. The molecule has 2 rings (SSSR count). The lowest BCUT2D eigenvalue weighted by Crippen LogP contribution is -2.23. The quantitative estimate of drug-likeness (QED) is 0.894. The van der Waals surface area contributed by atoms with E-state index >= 15 is 0 Å². The average Bonchev–Trinajstić information content (AvgIpc) is 2.80. The van der Waals surface area contributed by atoms with E-state index < -0.39 is 10.0 Å². The lowest BCUT2D eigenvalue weighted by atomic mass is 10.4. The van der Waals surface area contributed by atoms with Gasteiger partial charge in [-0.1, -0.05) is 23.7 Å². The van der Waals surface area contributed by atoms with Crippen LogP contribution in [0.15, 0.2) is 47.5 Å². The molecule has 0 bridgehead atoms. The van der Waals surface area contributed by atoms with Crippen LogP contribution in [0.4, 0.5) is 0 Å². The van der Waals surface area contributed by atoms with Crippen molar-refractivity contribution in [2.45, 2.75) is 11.4 Å². The summed E-state index contributed by atoms with van der Waals surface area (Å²) in [6, 6.07) is 9.94. The van der Waals surface area contributed by atoms with Crippen molar-refractivity contribution in [3.05, 3.63) is 53.3 Å². The number of aromatic amines is 1. The van der Waals surface area contributed by atoms with E-state index in [0.717, 1.165) is 5.69 Å². The fraction of sp³-hybridized carbons (Fsp3) is 0.0909. The number of halogens is 1. The minimum absolute atomic E-state index is 0.0909. The predicted molar refractivity (Wildman–Crippen MR) is 66.3 cm³/mol. The van der Waals surface area contributed by atoms with Crippen LogP contribution in [-0.4, -0.2) is 13.4 Å². The summed E-state index contributed by atoms with van der Waals surface area (Å²) in [5.74, 6) is 0. The Hall–Kier alpha value is -1.30. The van der Waals surface area contributed by atoms with Crippen LogP contribution in [0, 0.1) is 0 Å². The molecule has 0 amide bonds. The molecule has 0 aliphatic rings. The molecule has 0 spiro atoms. The second-order valence-electron chi connectivity index (χ2n) is 3.45. The Morgan fingerprint density at radius 1 is 1.18 bits per heavy atom. The van der Waals surface area contributed by atoms with Crippen LogP contribution in [0.3, 0.4) is 0 Å². The van der Waals surface area contributed by atoms with Crippen LogP contribution < -0.4 is 4.72 Å².